The van der Waals surface area contributed by atoms with Crippen LogP contribution in [0, 0.1) is 5.92 Å². The second kappa shape index (κ2) is 8.03. The normalized spacial score (nSPS) is 13.0. The van der Waals surface area contributed by atoms with Crippen LogP contribution in [0.25, 0.3) is 0 Å². The second-order valence-corrected chi connectivity index (χ2v) is 6.76. The summed E-state index contributed by atoms with van der Waals surface area (Å²) >= 11 is 0. The van der Waals surface area contributed by atoms with Gasteiger partial charge in [0.05, 0.1) is 17.8 Å². The van der Waals surface area contributed by atoms with E-state index in [1.54, 1.807) is 55.4 Å². The maximum Gasteiger partial charge on any atom is 0.256 e. The topological polar surface area (TPSA) is 69.7 Å². The first-order valence-electron chi connectivity index (χ1n) is 8.94. The molecule has 0 saturated heterocycles. The molecule has 0 radical (unpaired) electrons. The van der Waals surface area contributed by atoms with Crippen molar-refractivity contribution < 1.29 is 14.4 Å². The number of hydrogen-bond donors (Lipinski definition) is 1. The maximum atomic E-state index is 12.9. The fourth-order valence-electron chi connectivity index (χ4n) is 2.88. The molecule has 1 fully saturated rings. The minimum absolute atomic E-state index is 0.0275. The maximum absolute atomic E-state index is 12.9. The fourth-order valence-corrected chi connectivity index (χ4v) is 2.88. The zero-order valence-electron chi connectivity index (χ0n) is 15.5. The SMILES string of the molecule is CN(CC(=O)Nc1ccccc1)C(=O)c1ccccc1N(C)C(=O)C1CC1. The van der Waals surface area contributed by atoms with Crippen molar-refractivity contribution in [3.8, 4) is 0 Å². The lowest BCUT2D eigenvalue weighted by Gasteiger charge is -2.23. The number of nitrogens with zero attached hydrogens (tertiary/aromatic N) is 2. The van der Waals surface area contributed by atoms with Crippen molar-refractivity contribution in [2.24, 2.45) is 5.92 Å². The number of likely N-dealkylation sites (N-methyl/N-ethyl adjacent to an activating group) is 1. The van der Waals surface area contributed by atoms with Gasteiger partial charge in [-0.1, -0.05) is 30.3 Å². The molecule has 0 bridgehead atoms. The molecule has 6 heteroatoms. The smallest absolute Gasteiger partial charge is 0.256 e. The molecule has 2 aromatic rings. The quantitative estimate of drug-likeness (QED) is 0.856. The van der Waals surface area contributed by atoms with E-state index >= 15 is 0 Å². The molecule has 0 atom stereocenters. The Labute approximate surface area is 158 Å². The van der Waals surface area contributed by atoms with E-state index in [0.29, 0.717) is 16.9 Å². The summed E-state index contributed by atoms with van der Waals surface area (Å²) in [5.41, 5.74) is 1.65. The molecule has 2 aromatic carbocycles. The van der Waals surface area contributed by atoms with E-state index in [2.05, 4.69) is 5.32 Å². The largest absolute Gasteiger partial charge is 0.332 e. The van der Waals surface area contributed by atoms with E-state index < -0.39 is 0 Å². The fraction of sp³-hybridized carbons (Fsp3) is 0.286. The average Bonchev–Trinajstić information content (AvgIpc) is 3.52. The summed E-state index contributed by atoms with van der Waals surface area (Å²) in [6, 6.07) is 16.1. The van der Waals surface area contributed by atoms with Gasteiger partial charge in [-0.15, -0.1) is 0 Å². The number of benzene rings is 2. The summed E-state index contributed by atoms with van der Waals surface area (Å²) in [7, 11) is 3.27. The Bertz CT molecular complexity index is 847. The van der Waals surface area contributed by atoms with E-state index in [1.807, 2.05) is 18.2 Å². The van der Waals surface area contributed by atoms with Crippen LogP contribution in [-0.4, -0.2) is 43.3 Å². The molecule has 0 unspecified atom stereocenters. The molecule has 0 aliphatic heterocycles. The Morgan fingerprint density at radius 1 is 0.963 bits per heavy atom. The van der Waals surface area contributed by atoms with E-state index in [-0.39, 0.29) is 30.2 Å². The Balaban J connectivity index is 1.69. The lowest BCUT2D eigenvalue weighted by molar-refractivity contribution is -0.119. The number of hydrogen-bond acceptors (Lipinski definition) is 3. The predicted octanol–water partition coefficient (Wildman–Crippen LogP) is 2.77. The van der Waals surface area contributed by atoms with E-state index in [0.717, 1.165) is 12.8 Å². The molecule has 0 spiro atoms. The van der Waals surface area contributed by atoms with Gasteiger partial charge in [-0.25, -0.2) is 0 Å². The van der Waals surface area contributed by atoms with Crippen LogP contribution in [0.3, 0.4) is 0 Å². The summed E-state index contributed by atoms with van der Waals surface area (Å²) in [4.78, 5) is 40.4. The lowest BCUT2D eigenvalue weighted by atomic mass is 10.1. The first-order chi connectivity index (χ1) is 13.0. The van der Waals surface area contributed by atoms with Crippen molar-refractivity contribution >= 4 is 29.1 Å². The molecule has 1 N–H and O–H groups in total. The standard InChI is InChI=1S/C21H23N3O3/c1-23(14-19(25)22-16-8-4-3-5-9-16)21(27)17-10-6-7-11-18(17)24(2)20(26)15-12-13-15/h3-11,15H,12-14H2,1-2H3,(H,22,25). The highest BCUT2D eigenvalue weighted by Crippen LogP contribution is 2.33. The van der Waals surface area contributed by atoms with Gasteiger partial charge in [-0.05, 0) is 37.1 Å². The van der Waals surface area contributed by atoms with Gasteiger partial charge in [0.25, 0.3) is 5.91 Å². The number of nitrogens with one attached hydrogen (secondary N) is 1. The van der Waals surface area contributed by atoms with Crippen molar-refractivity contribution in [2.45, 2.75) is 12.8 Å². The van der Waals surface area contributed by atoms with Crippen LogP contribution in [0.4, 0.5) is 11.4 Å². The lowest BCUT2D eigenvalue weighted by Crippen LogP contribution is -2.36. The van der Waals surface area contributed by atoms with Crippen molar-refractivity contribution in [3.05, 3.63) is 60.2 Å². The number of amides is 3. The number of para-hydroxylation sites is 2. The molecule has 3 amide bonds. The molecule has 6 nitrogen and oxygen atoms in total. The first-order valence-corrected chi connectivity index (χ1v) is 8.94. The van der Waals surface area contributed by atoms with Crippen LogP contribution in [0.1, 0.15) is 23.2 Å². The third-order valence-corrected chi connectivity index (χ3v) is 4.54. The Kier molecular flexibility index (Phi) is 5.54. The van der Waals surface area contributed by atoms with Crippen molar-refractivity contribution in [1.82, 2.24) is 4.90 Å². The Morgan fingerprint density at radius 3 is 2.26 bits per heavy atom. The zero-order valence-corrected chi connectivity index (χ0v) is 15.5. The van der Waals surface area contributed by atoms with Crippen molar-refractivity contribution in [2.75, 3.05) is 30.9 Å². The van der Waals surface area contributed by atoms with Gasteiger partial charge in [0.1, 0.15) is 0 Å². The molecular weight excluding hydrogens is 342 g/mol. The number of carbonyl (C=O) groups is 3. The summed E-state index contributed by atoms with van der Waals surface area (Å²) in [6.07, 6.45) is 1.80. The highest BCUT2D eigenvalue weighted by atomic mass is 16.2. The van der Waals surface area contributed by atoms with Gasteiger partial charge in [0.15, 0.2) is 0 Å². The minimum Gasteiger partial charge on any atom is -0.332 e. The van der Waals surface area contributed by atoms with Crippen LogP contribution in [0.15, 0.2) is 54.6 Å². The second-order valence-electron chi connectivity index (χ2n) is 6.76. The molecule has 0 aromatic heterocycles. The van der Waals surface area contributed by atoms with Gasteiger partial charge in [0, 0.05) is 25.7 Å². The number of anilines is 2. The summed E-state index contributed by atoms with van der Waals surface area (Å²) < 4.78 is 0. The molecular formula is C21H23N3O3. The Hall–Kier alpha value is -3.15. The third-order valence-electron chi connectivity index (χ3n) is 4.54. The summed E-state index contributed by atoms with van der Waals surface area (Å²) in [6.45, 7) is -0.0810. The van der Waals surface area contributed by atoms with E-state index in [1.165, 1.54) is 4.90 Å². The van der Waals surface area contributed by atoms with Gasteiger partial charge < -0.3 is 15.1 Å². The summed E-state index contributed by atoms with van der Waals surface area (Å²) in [5.74, 6) is -0.492. The molecule has 1 aliphatic rings. The highest BCUT2D eigenvalue weighted by Gasteiger charge is 2.33. The van der Waals surface area contributed by atoms with Crippen LogP contribution in [0.5, 0.6) is 0 Å². The summed E-state index contributed by atoms with van der Waals surface area (Å²) in [5, 5.41) is 2.76. The Morgan fingerprint density at radius 2 is 1.59 bits per heavy atom. The molecule has 27 heavy (non-hydrogen) atoms. The van der Waals surface area contributed by atoms with Crippen LogP contribution < -0.4 is 10.2 Å². The van der Waals surface area contributed by atoms with E-state index in [4.69, 9.17) is 0 Å². The number of carbonyl (C=O) groups excluding carboxylic acids is 3. The van der Waals surface area contributed by atoms with Gasteiger partial charge in [0.2, 0.25) is 11.8 Å². The third kappa shape index (κ3) is 4.53. The van der Waals surface area contributed by atoms with Crippen LogP contribution >= 0.6 is 0 Å². The van der Waals surface area contributed by atoms with E-state index in [9.17, 15) is 14.4 Å². The van der Waals surface area contributed by atoms with Gasteiger partial charge in [-0.2, -0.15) is 0 Å². The van der Waals surface area contributed by atoms with Gasteiger partial charge in [-0.3, -0.25) is 14.4 Å². The number of rotatable bonds is 6. The molecule has 1 aliphatic carbocycles. The van der Waals surface area contributed by atoms with Crippen molar-refractivity contribution in [1.29, 1.82) is 0 Å². The van der Waals surface area contributed by atoms with Crippen LogP contribution in [0.2, 0.25) is 0 Å². The molecule has 140 valence electrons. The van der Waals surface area contributed by atoms with Gasteiger partial charge >= 0.3 is 0 Å². The monoisotopic (exact) mass is 365 g/mol. The molecule has 0 heterocycles. The minimum atomic E-state index is -0.302. The van der Waals surface area contributed by atoms with Crippen LogP contribution in [-0.2, 0) is 9.59 Å². The highest BCUT2D eigenvalue weighted by molar-refractivity contribution is 6.06. The first kappa shape index (κ1) is 18.6. The predicted molar refractivity (Wildman–Crippen MR) is 105 cm³/mol. The zero-order chi connectivity index (χ0) is 19.4. The average molecular weight is 365 g/mol. The molecule has 3 rings (SSSR count). The molecule has 1 saturated carbocycles. The van der Waals surface area contributed by atoms with Crippen molar-refractivity contribution in [3.63, 3.8) is 0 Å².